The largest absolute Gasteiger partial charge is 0.392 e. The summed E-state index contributed by atoms with van der Waals surface area (Å²) in [6.07, 6.45) is 0. The van der Waals surface area contributed by atoms with Crippen LogP contribution in [0.4, 0.5) is 0 Å². The third-order valence-corrected chi connectivity index (χ3v) is 6.33. The molecular formula is C14H12O2S3. The fourth-order valence-corrected chi connectivity index (χ4v) is 4.83. The Morgan fingerprint density at radius 2 is 1.63 bits per heavy atom. The summed E-state index contributed by atoms with van der Waals surface area (Å²) in [5.74, 6) is 0. The first-order chi connectivity index (χ1) is 9.31. The number of aliphatic hydroxyl groups excluding tert-OH is 2. The molecule has 2 N–H and O–H groups in total. The smallest absolute Gasteiger partial charge is 0.0778 e. The summed E-state index contributed by atoms with van der Waals surface area (Å²) in [6, 6.07) is 10.4. The third-order valence-electron chi connectivity index (χ3n) is 2.82. The monoisotopic (exact) mass is 308 g/mol. The van der Waals surface area contributed by atoms with Gasteiger partial charge in [-0.15, -0.1) is 34.0 Å². The molecule has 0 amide bonds. The number of rotatable bonds is 4. The maximum atomic E-state index is 9.27. The molecule has 0 spiro atoms. The van der Waals surface area contributed by atoms with Crippen molar-refractivity contribution in [1.82, 2.24) is 0 Å². The second kappa shape index (κ2) is 5.56. The molecule has 0 fully saturated rings. The molecule has 0 aliphatic carbocycles. The molecule has 3 aromatic rings. The van der Waals surface area contributed by atoms with Gasteiger partial charge in [-0.05, 0) is 35.2 Å². The first kappa shape index (κ1) is 13.0. The van der Waals surface area contributed by atoms with Gasteiger partial charge in [0.05, 0.1) is 13.2 Å². The Balaban J connectivity index is 1.96. The van der Waals surface area contributed by atoms with Crippen LogP contribution in [0.3, 0.4) is 0 Å². The van der Waals surface area contributed by atoms with Crippen molar-refractivity contribution in [2.75, 3.05) is 0 Å². The Morgan fingerprint density at radius 3 is 2.21 bits per heavy atom. The lowest BCUT2D eigenvalue weighted by molar-refractivity contribution is 0.263. The van der Waals surface area contributed by atoms with Crippen molar-refractivity contribution in [3.63, 3.8) is 0 Å². The average molecular weight is 308 g/mol. The van der Waals surface area contributed by atoms with Gasteiger partial charge in [0.1, 0.15) is 0 Å². The van der Waals surface area contributed by atoms with Crippen molar-refractivity contribution >= 4 is 34.0 Å². The second-order valence-electron chi connectivity index (χ2n) is 4.02. The van der Waals surface area contributed by atoms with Gasteiger partial charge in [-0.2, -0.15) is 0 Å². The van der Waals surface area contributed by atoms with E-state index in [1.165, 1.54) is 14.6 Å². The van der Waals surface area contributed by atoms with Crippen molar-refractivity contribution in [3.8, 4) is 19.5 Å². The van der Waals surface area contributed by atoms with Gasteiger partial charge < -0.3 is 10.2 Å². The van der Waals surface area contributed by atoms with Crippen molar-refractivity contribution in [2.24, 2.45) is 0 Å². The molecule has 0 aliphatic heterocycles. The van der Waals surface area contributed by atoms with E-state index in [4.69, 9.17) is 0 Å². The topological polar surface area (TPSA) is 40.5 Å². The van der Waals surface area contributed by atoms with Gasteiger partial charge in [0, 0.05) is 24.4 Å². The zero-order chi connectivity index (χ0) is 13.2. The molecule has 0 saturated carbocycles. The number of hydrogen-bond donors (Lipinski definition) is 2. The fraction of sp³-hybridized carbons (Fsp3) is 0.143. The molecule has 0 aromatic carbocycles. The molecule has 2 nitrogen and oxygen atoms in total. The van der Waals surface area contributed by atoms with Gasteiger partial charge in [-0.1, -0.05) is 6.07 Å². The number of aliphatic hydroxyl groups is 2. The average Bonchev–Trinajstić information content (AvgIpc) is 3.16. The lowest BCUT2D eigenvalue weighted by Gasteiger charge is -1.92. The molecule has 0 radical (unpaired) electrons. The second-order valence-corrected chi connectivity index (χ2v) is 7.18. The molecule has 0 aliphatic rings. The van der Waals surface area contributed by atoms with E-state index >= 15 is 0 Å². The standard InChI is InChI=1S/C14H12O2S3/c15-7-9-6-13(19-14(9)8-16)12-4-3-11(18-12)10-2-1-5-17-10/h1-6,15-16H,7-8H2. The highest BCUT2D eigenvalue weighted by molar-refractivity contribution is 7.26. The van der Waals surface area contributed by atoms with Crippen LogP contribution in [0.15, 0.2) is 35.7 Å². The Morgan fingerprint density at radius 1 is 0.842 bits per heavy atom. The maximum absolute atomic E-state index is 9.27. The van der Waals surface area contributed by atoms with Crippen LogP contribution in [0, 0.1) is 0 Å². The van der Waals surface area contributed by atoms with E-state index in [1.807, 2.05) is 6.07 Å². The van der Waals surface area contributed by atoms with Crippen molar-refractivity contribution in [2.45, 2.75) is 13.2 Å². The predicted molar refractivity (Wildman–Crippen MR) is 82.8 cm³/mol. The minimum absolute atomic E-state index is 0.0102. The van der Waals surface area contributed by atoms with Crippen LogP contribution in [0.5, 0.6) is 0 Å². The van der Waals surface area contributed by atoms with Gasteiger partial charge >= 0.3 is 0 Å². The molecule has 19 heavy (non-hydrogen) atoms. The SMILES string of the molecule is OCc1cc(-c2ccc(-c3cccs3)s2)sc1CO. The molecule has 3 rings (SSSR count). The van der Waals surface area contributed by atoms with E-state index in [0.29, 0.717) is 0 Å². The molecular weight excluding hydrogens is 296 g/mol. The Kier molecular flexibility index (Phi) is 3.81. The van der Waals surface area contributed by atoms with Crippen LogP contribution in [-0.2, 0) is 13.2 Å². The zero-order valence-electron chi connectivity index (χ0n) is 10.00. The summed E-state index contributed by atoms with van der Waals surface area (Å²) < 4.78 is 0. The first-order valence-corrected chi connectivity index (χ1v) is 8.30. The summed E-state index contributed by atoms with van der Waals surface area (Å²) in [4.78, 5) is 5.68. The summed E-state index contributed by atoms with van der Waals surface area (Å²) in [7, 11) is 0. The highest BCUT2D eigenvalue weighted by atomic mass is 32.1. The molecule has 0 atom stereocenters. The van der Waals surface area contributed by atoms with E-state index in [2.05, 4.69) is 29.6 Å². The van der Waals surface area contributed by atoms with E-state index in [9.17, 15) is 10.2 Å². The molecule has 0 bridgehead atoms. The molecule has 0 unspecified atom stereocenters. The van der Waals surface area contributed by atoms with Gasteiger partial charge in [0.15, 0.2) is 0 Å². The summed E-state index contributed by atoms with van der Waals surface area (Å²) in [5, 5.41) is 20.6. The Bertz CT molecular complexity index is 643. The molecule has 3 aromatic heterocycles. The van der Waals surface area contributed by atoms with Crippen LogP contribution in [0.2, 0.25) is 0 Å². The lowest BCUT2D eigenvalue weighted by atomic mass is 10.2. The van der Waals surface area contributed by atoms with Crippen LogP contribution in [0.1, 0.15) is 10.4 Å². The fourth-order valence-electron chi connectivity index (χ4n) is 1.88. The molecule has 98 valence electrons. The van der Waals surface area contributed by atoms with E-state index in [-0.39, 0.29) is 13.2 Å². The minimum Gasteiger partial charge on any atom is -0.392 e. The van der Waals surface area contributed by atoms with Gasteiger partial charge in [0.2, 0.25) is 0 Å². The molecule has 5 heteroatoms. The van der Waals surface area contributed by atoms with Crippen molar-refractivity contribution in [1.29, 1.82) is 0 Å². The quantitative estimate of drug-likeness (QED) is 0.758. The highest BCUT2D eigenvalue weighted by Crippen LogP contribution is 2.40. The summed E-state index contributed by atoms with van der Waals surface area (Å²) in [6.45, 7) is -0.0285. The lowest BCUT2D eigenvalue weighted by Crippen LogP contribution is -1.85. The van der Waals surface area contributed by atoms with Gasteiger partial charge in [0.25, 0.3) is 0 Å². The first-order valence-electron chi connectivity index (χ1n) is 5.79. The summed E-state index contributed by atoms with van der Waals surface area (Å²) >= 11 is 5.03. The van der Waals surface area contributed by atoms with E-state index in [0.717, 1.165) is 15.3 Å². The van der Waals surface area contributed by atoms with Gasteiger partial charge in [-0.3, -0.25) is 0 Å². The molecule has 3 heterocycles. The number of hydrogen-bond acceptors (Lipinski definition) is 5. The van der Waals surface area contributed by atoms with Gasteiger partial charge in [-0.25, -0.2) is 0 Å². The van der Waals surface area contributed by atoms with Crippen LogP contribution >= 0.6 is 34.0 Å². The van der Waals surface area contributed by atoms with E-state index in [1.54, 1.807) is 34.0 Å². The summed E-state index contributed by atoms with van der Waals surface area (Å²) in [5.41, 5.74) is 0.827. The maximum Gasteiger partial charge on any atom is 0.0778 e. The minimum atomic E-state index is -0.0183. The normalized spacial score (nSPS) is 11.1. The Hall–Kier alpha value is -0.980. The van der Waals surface area contributed by atoms with Crippen molar-refractivity contribution < 1.29 is 10.2 Å². The highest BCUT2D eigenvalue weighted by Gasteiger charge is 2.12. The zero-order valence-corrected chi connectivity index (χ0v) is 12.4. The predicted octanol–water partition coefficient (Wildman–Crippen LogP) is 4.19. The van der Waals surface area contributed by atoms with Crippen molar-refractivity contribution in [3.05, 3.63) is 46.2 Å². The molecule has 0 saturated heterocycles. The Labute approximate surface area is 123 Å². The van der Waals surface area contributed by atoms with Crippen LogP contribution < -0.4 is 0 Å². The van der Waals surface area contributed by atoms with E-state index < -0.39 is 0 Å². The number of thiophene rings is 3. The van der Waals surface area contributed by atoms with Crippen LogP contribution in [0.25, 0.3) is 19.5 Å². The third kappa shape index (κ3) is 2.52. The van der Waals surface area contributed by atoms with Crippen LogP contribution in [-0.4, -0.2) is 10.2 Å².